The van der Waals surface area contributed by atoms with E-state index in [-0.39, 0.29) is 5.91 Å². The highest BCUT2D eigenvalue weighted by molar-refractivity contribution is 7.16. The van der Waals surface area contributed by atoms with E-state index in [1.165, 1.54) is 11.3 Å². The summed E-state index contributed by atoms with van der Waals surface area (Å²) in [6.45, 7) is 5.39. The van der Waals surface area contributed by atoms with Crippen molar-refractivity contribution < 1.29 is 4.79 Å². The van der Waals surface area contributed by atoms with Crippen molar-refractivity contribution in [2.24, 2.45) is 0 Å². The lowest BCUT2D eigenvalue weighted by molar-refractivity contribution is 0.0787. The van der Waals surface area contributed by atoms with Crippen LogP contribution in [-0.2, 0) is 6.54 Å². The first kappa shape index (κ1) is 15.9. The number of nitrogens with zero attached hydrogens (tertiary/aromatic N) is 1. The molecular weight excluding hydrogens is 304 g/mol. The fraction of sp³-hybridized carbons (Fsp3) is 0.312. The summed E-state index contributed by atoms with van der Waals surface area (Å²) in [5.74, 6) is 0.00970. The number of carbonyl (C=O) groups is 1. The molecule has 0 aliphatic rings. The molecule has 0 bridgehead atoms. The number of rotatable bonds is 5. The Hall–Kier alpha value is -1.52. The molecule has 0 unspecified atom stereocenters. The minimum Gasteiger partial charge on any atom is -0.385 e. The van der Waals surface area contributed by atoms with E-state index >= 15 is 0 Å². The molecule has 0 fully saturated rings. The van der Waals surface area contributed by atoms with Crippen LogP contribution in [0.4, 0.5) is 5.69 Å². The van der Waals surface area contributed by atoms with Gasteiger partial charge in [-0.2, -0.15) is 0 Å². The van der Waals surface area contributed by atoms with Crippen molar-refractivity contribution in [2.45, 2.75) is 20.4 Å². The molecule has 1 aromatic carbocycles. The van der Waals surface area contributed by atoms with Crippen LogP contribution in [0.25, 0.3) is 0 Å². The minimum atomic E-state index is 0.00970. The number of benzene rings is 1. The molecule has 2 aromatic rings. The van der Waals surface area contributed by atoms with Crippen LogP contribution in [0.15, 0.2) is 30.3 Å². The van der Waals surface area contributed by atoms with Crippen LogP contribution in [0.5, 0.6) is 0 Å². The molecule has 1 aromatic heterocycles. The van der Waals surface area contributed by atoms with Gasteiger partial charge in [-0.15, -0.1) is 11.3 Å². The maximum atomic E-state index is 12.6. The third-order valence-corrected chi connectivity index (χ3v) is 4.36. The number of hydrogen-bond donors (Lipinski definition) is 1. The molecule has 0 atom stereocenters. The average Bonchev–Trinajstić information content (AvgIpc) is 2.84. The van der Waals surface area contributed by atoms with E-state index in [1.54, 1.807) is 4.90 Å². The number of nitrogens with one attached hydrogen (secondary N) is 1. The Bertz CT molecular complexity index is 639. The Morgan fingerprint density at radius 2 is 2.10 bits per heavy atom. The summed E-state index contributed by atoms with van der Waals surface area (Å²) in [6, 6.07) is 9.66. The summed E-state index contributed by atoms with van der Waals surface area (Å²) in [4.78, 5) is 15.4. The molecule has 0 aliphatic heterocycles. The van der Waals surface area contributed by atoms with Gasteiger partial charge in [0.1, 0.15) is 0 Å². The number of carbonyl (C=O) groups excluding carboxylic acids is 1. The SMILES string of the molecule is CCNc1cc(C)ccc1C(=O)N(C)Cc1ccc(Cl)s1. The number of hydrogen-bond acceptors (Lipinski definition) is 3. The molecule has 0 saturated carbocycles. The van der Waals surface area contributed by atoms with Gasteiger partial charge in [-0.1, -0.05) is 17.7 Å². The van der Waals surface area contributed by atoms with E-state index < -0.39 is 0 Å². The molecule has 2 rings (SSSR count). The summed E-state index contributed by atoms with van der Waals surface area (Å²) < 4.78 is 0.745. The number of amides is 1. The maximum absolute atomic E-state index is 12.6. The molecule has 0 radical (unpaired) electrons. The van der Waals surface area contributed by atoms with E-state index in [4.69, 9.17) is 11.6 Å². The highest BCUT2D eigenvalue weighted by Gasteiger charge is 2.16. The molecule has 1 amide bonds. The zero-order chi connectivity index (χ0) is 15.4. The topological polar surface area (TPSA) is 32.3 Å². The van der Waals surface area contributed by atoms with Crippen molar-refractivity contribution in [1.29, 1.82) is 0 Å². The summed E-state index contributed by atoms with van der Waals surface area (Å²) in [5.41, 5.74) is 2.72. The summed E-state index contributed by atoms with van der Waals surface area (Å²) in [7, 11) is 1.81. The highest BCUT2D eigenvalue weighted by Crippen LogP contribution is 2.24. The van der Waals surface area contributed by atoms with E-state index in [0.29, 0.717) is 12.1 Å². The van der Waals surface area contributed by atoms with Crippen molar-refractivity contribution in [1.82, 2.24) is 4.90 Å². The van der Waals surface area contributed by atoms with Crippen LogP contribution >= 0.6 is 22.9 Å². The van der Waals surface area contributed by atoms with Crippen LogP contribution in [0.3, 0.4) is 0 Å². The predicted molar refractivity (Wildman–Crippen MR) is 90.5 cm³/mol. The Balaban J connectivity index is 2.18. The average molecular weight is 323 g/mol. The lowest BCUT2D eigenvalue weighted by Gasteiger charge is -2.19. The number of anilines is 1. The molecule has 112 valence electrons. The van der Waals surface area contributed by atoms with Crippen LogP contribution in [0.2, 0.25) is 4.34 Å². The van der Waals surface area contributed by atoms with E-state index in [0.717, 1.165) is 27.0 Å². The summed E-state index contributed by atoms with van der Waals surface area (Å²) in [6.07, 6.45) is 0. The van der Waals surface area contributed by atoms with Gasteiger partial charge in [-0.3, -0.25) is 4.79 Å². The van der Waals surface area contributed by atoms with Gasteiger partial charge < -0.3 is 10.2 Å². The second-order valence-corrected chi connectivity index (χ2v) is 6.75. The Kier molecular flexibility index (Phi) is 5.26. The largest absolute Gasteiger partial charge is 0.385 e. The fourth-order valence-electron chi connectivity index (χ4n) is 2.13. The number of halogens is 1. The number of thiophene rings is 1. The molecule has 3 nitrogen and oxygen atoms in total. The zero-order valence-corrected chi connectivity index (χ0v) is 14.0. The highest BCUT2D eigenvalue weighted by atomic mass is 35.5. The predicted octanol–water partition coefficient (Wildman–Crippen LogP) is 4.41. The first-order chi connectivity index (χ1) is 10.0. The van der Waals surface area contributed by atoms with Gasteiger partial charge >= 0.3 is 0 Å². The van der Waals surface area contributed by atoms with Gasteiger partial charge in [0.25, 0.3) is 5.91 Å². The van der Waals surface area contributed by atoms with Crippen LogP contribution < -0.4 is 5.32 Å². The molecule has 1 heterocycles. The smallest absolute Gasteiger partial charge is 0.256 e. The molecule has 5 heteroatoms. The van der Waals surface area contributed by atoms with E-state index in [1.807, 2.05) is 51.2 Å². The van der Waals surface area contributed by atoms with Gasteiger partial charge in [-0.25, -0.2) is 0 Å². The third kappa shape index (κ3) is 3.99. The van der Waals surface area contributed by atoms with E-state index in [2.05, 4.69) is 5.32 Å². The normalized spacial score (nSPS) is 10.5. The second-order valence-electron chi connectivity index (χ2n) is 4.95. The number of aryl methyl sites for hydroxylation is 1. The maximum Gasteiger partial charge on any atom is 0.256 e. The molecular formula is C16H19ClN2OS. The van der Waals surface area contributed by atoms with Crippen LogP contribution in [-0.4, -0.2) is 24.4 Å². The quantitative estimate of drug-likeness (QED) is 0.884. The second kappa shape index (κ2) is 6.96. The minimum absolute atomic E-state index is 0.00970. The molecule has 0 saturated heterocycles. The van der Waals surface area contributed by atoms with Gasteiger partial charge in [0, 0.05) is 24.2 Å². The third-order valence-electron chi connectivity index (χ3n) is 3.14. The van der Waals surface area contributed by atoms with Crippen molar-refractivity contribution in [3.63, 3.8) is 0 Å². The first-order valence-electron chi connectivity index (χ1n) is 6.85. The fourth-order valence-corrected chi connectivity index (χ4v) is 3.27. The van der Waals surface area contributed by atoms with Gasteiger partial charge in [0.2, 0.25) is 0 Å². The molecule has 1 N–H and O–H groups in total. The van der Waals surface area contributed by atoms with Gasteiger partial charge in [0.15, 0.2) is 0 Å². The molecule has 0 aliphatic carbocycles. The first-order valence-corrected chi connectivity index (χ1v) is 8.05. The van der Waals surface area contributed by atoms with Gasteiger partial charge in [-0.05, 0) is 43.7 Å². The van der Waals surface area contributed by atoms with Crippen LogP contribution in [0, 0.1) is 6.92 Å². The lowest BCUT2D eigenvalue weighted by Crippen LogP contribution is -2.26. The van der Waals surface area contributed by atoms with Crippen molar-refractivity contribution in [2.75, 3.05) is 18.9 Å². The van der Waals surface area contributed by atoms with E-state index in [9.17, 15) is 4.79 Å². The van der Waals surface area contributed by atoms with Gasteiger partial charge in [0.05, 0.1) is 16.4 Å². The molecule has 21 heavy (non-hydrogen) atoms. The Morgan fingerprint density at radius 3 is 2.71 bits per heavy atom. The molecule has 0 spiro atoms. The van der Waals surface area contributed by atoms with Crippen LogP contribution in [0.1, 0.15) is 27.7 Å². The summed E-state index contributed by atoms with van der Waals surface area (Å²) in [5, 5.41) is 3.25. The monoisotopic (exact) mass is 322 g/mol. The summed E-state index contributed by atoms with van der Waals surface area (Å²) >= 11 is 7.43. The Morgan fingerprint density at radius 1 is 1.33 bits per heavy atom. The standard InChI is InChI=1S/C16H19ClN2OS/c1-4-18-14-9-11(2)5-7-13(14)16(20)19(3)10-12-6-8-15(17)21-12/h5-9,18H,4,10H2,1-3H3. The van der Waals surface area contributed by atoms with Crippen molar-refractivity contribution in [3.05, 3.63) is 50.7 Å². The lowest BCUT2D eigenvalue weighted by atomic mass is 10.1. The zero-order valence-electron chi connectivity index (χ0n) is 12.4. The van der Waals surface area contributed by atoms with Crippen molar-refractivity contribution in [3.8, 4) is 0 Å². The Labute approximate surface area is 134 Å². The van der Waals surface area contributed by atoms with Crippen molar-refractivity contribution >= 4 is 34.5 Å².